The average molecular weight is 230 g/mol. The number of pyridine rings is 1. The Balaban J connectivity index is 2.14. The van der Waals surface area contributed by atoms with Gasteiger partial charge in [-0.3, -0.25) is 9.78 Å². The zero-order valence-corrected chi connectivity index (χ0v) is 9.27. The van der Waals surface area contributed by atoms with Gasteiger partial charge in [-0.25, -0.2) is 4.39 Å². The van der Waals surface area contributed by atoms with Crippen LogP contribution in [0.3, 0.4) is 0 Å². The molecule has 1 aromatic heterocycles. The Hall–Kier alpha value is -2.23. The molecule has 86 valence electrons. The monoisotopic (exact) mass is 230 g/mol. The van der Waals surface area contributed by atoms with E-state index in [2.05, 4.69) is 10.3 Å². The first-order valence-electron chi connectivity index (χ1n) is 5.15. The van der Waals surface area contributed by atoms with Crippen molar-refractivity contribution in [2.45, 2.75) is 6.92 Å². The number of nitrogens with one attached hydrogen (secondary N) is 1. The smallest absolute Gasteiger partial charge is 0.255 e. The summed E-state index contributed by atoms with van der Waals surface area (Å²) in [6.45, 7) is 1.81. The number of hydrogen-bond donors (Lipinski definition) is 1. The number of rotatable bonds is 2. The molecule has 0 radical (unpaired) electrons. The quantitative estimate of drug-likeness (QED) is 0.861. The van der Waals surface area contributed by atoms with Crippen LogP contribution in [0.15, 0.2) is 42.6 Å². The van der Waals surface area contributed by atoms with E-state index in [-0.39, 0.29) is 11.7 Å². The van der Waals surface area contributed by atoms with Crippen molar-refractivity contribution in [1.29, 1.82) is 0 Å². The van der Waals surface area contributed by atoms with Gasteiger partial charge in [-0.05, 0) is 43.3 Å². The van der Waals surface area contributed by atoms with E-state index in [9.17, 15) is 9.18 Å². The second kappa shape index (κ2) is 4.74. The molecule has 2 aromatic rings. The lowest BCUT2D eigenvalue weighted by Crippen LogP contribution is -2.12. The van der Waals surface area contributed by atoms with Gasteiger partial charge in [0.05, 0.1) is 0 Å². The van der Waals surface area contributed by atoms with Gasteiger partial charge < -0.3 is 5.32 Å². The van der Waals surface area contributed by atoms with Gasteiger partial charge in [-0.2, -0.15) is 0 Å². The minimum atomic E-state index is -0.331. The maximum absolute atomic E-state index is 12.7. The fraction of sp³-hybridized carbons (Fsp3) is 0.0769. The van der Waals surface area contributed by atoms with E-state index in [1.54, 1.807) is 18.3 Å². The third-order valence-corrected chi connectivity index (χ3v) is 2.26. The maximum atomic E-state index is 12.7. The summed E-state index contributed by atoms with van der Waals surface area (Å²) < 4.78 is 12.7. The van der Waals surface area contributed by atoms with Crippen LogP contribution in [0, 0.1) is 12.7 Å². The number of halogens is 1. The lowest BCUT2D eigenvalue weighted by molar-refractivity contribution is 0.102. The van der Waals surface area contributed by atoms with Gasteiger partial charge in [-0.1, -0.05) is 0 Å². The van der Waals surface area contributed by atoms with Gasteiger partial charge in [0.25, 0.3) is 5.91 Å². The molecule has 3 nitrogen and oxygen atoms in total. The molecule has 0 spiro atoms. The highest BCUT2D eigenvalue weighted by atomic mass is 19.1. The molecule has 0 saturated heterocycles. The van der Waals surface area contributed by atoms with Crippen LogP contribution in [0.5, 0.6) is 0 Å². The molecule has 0 atom stereocenters. The molecule has 17 heavy (non-hydrogen) atoms. The highest BCUT2D eigenvalue weighted by Gasteiger charge is 2.06. The molecule has 0 bridgehead atoms. The van der Waals surface area contributed by atoms with Crippen LogP contribution < -0.4 is 5.32 Å². The summed E-state index contributed by atoms with van der Waals surface area (Å²) in [7, 11) is 0. The van der Waals surface area contributed by atoms with Gasteiger partial charge >= 0.3 is 0 Å². The highest BCUT2D eigenvalue weighted by Crippen LogP contribution is 2.10. The summed E-state index contributed by atoms with van der Waals surface area (Å²) in [5, 5.41) is 2.68. The summed E-state index contributed by atoms with van der Waals surface area (Å²) in [6, 6.07) is 8.95. The molecular formula is C13H11FN2O. The molecule has 0 aliphatic rings. The first kappa shape index (κ1) is 11.3. The molecule has 4 heteroatoms. The molecule has 1 amide bonds. The van der Waals surface area contributed by atoms with Crippen molar-refractivity contribution in [3.05, 3.63) is 59.7 Å². The largest absolute Gasteiger partial charge is 0.322 e. The van der Waals surface area contributed by atoms with Gasteiger partial charge in [0.2, 0.25) is 0 Å². The molecule has 0 unspecified atom stereocenters. The summed E-state index contributed by atoms with van der Waals surface area (Å²) in [6.07, 6.45) is 1.58. The van der Waals surface area contributed by atoms with Gasteiger partial charge in [-0.15, -0.1) is 0 Å². The molecule has 0 aliphatic heterocycles. The van der Waals surface area contributed by atoms with E-state index >= 15 is 0 Å². The SMILES string of the molecule is Cc1cc(C(=O)Nc2ccc(F)cc2)ccn1. The van der Waals surface area contributed by atoms with Gasteiger partial charge in [0.15, 0.2) is 0 Å². The van der Waals surface area contributed by atoms with Crippen LogP contribution in [0.25, 0.3) is 0 Å². The van der Waals surface area contributed by atoms with E-state index in [0.29, 0.717) is 11.3 Å². The molecule has 1 heterocycles. The summed E-state index contributed by atoms with van der Waals surface area (Å²) in [5.41, 5.74) is 1.87. The summed E-state index contributed by atoms with van der Waals surface area (Å²) in [5.74, 6) is -0.565. The third-order valence-electron chi connectivity index (χ3n) is 2.26. The predicted octanol–water partition coefficient (Wildman–Crippen LogP) is 2.78. The molecule has 1 aromatic carbocycles. The second-order valence-corrected chi connectivity index (χ2v) is 3.65. The second-order valence-electron chi connectivity index (χ2n) is 3.65. The molecule has 0 saturated carbocycles. The molecule has 1 N–H and O–H groups in total. The highest BCUT2D eigenvalue weighted by molar-refractivity contribution is 6.04. The van der Waals surface area contributed by atoms with E-state index in [1.165, 1.54) is 24.3 Å². The van der Waals surface area contributed by atoms with Crippen molar-refractivity contribution >= 4 is 11.6 Å². The minimum Gasteiger partial charge on any atom is -0.322 e. The topological polar surface area (TPSA) is 42.0 Å². The number of benzene rings is 1. The Kier molecular flexibility index (Phi) is 3.14. The lowest BCUT2D eigenvalue weighted by atomic mass is 10.2. The van der Waals surface area contributed by atoms with Crippen molar-refractivity contribution in [3.63, 3.8) is 0 Å². The Bertz CT molecular complexity index is 537. The first-order chi connectivity index (χ1) is 8.15. The van der Waals surface area contributed by atoms with Crippen LogP contribution >= 0.6 is 0 Å². The zero-order valence-electron chi connectivity index (χ0n) is 9.27. The molecular weight excluding hydrogens is 219 g/mol. The number of anilines is 1. The Morgan fingerprint density at radius 1 is 1.24 bits per heavy atom. The van der Waals surface area contributed by atoms with Crippen LogP contribution in [-0.2, 0) is 0 Å². The Labute approximate surface area is 98.3 Å². The van der Waals surface area contributed by atoms with Crippen molar-refractivity contribution in [1.82, 2.24) is 4.98 Å². The number of aromatic nitrogens is 1. The lowest BCUT2D eigenvalue weighted by Gasteiger charge is -2.05. The Morgan fingerprint density at radius 2 is 1.94 bits per heavy atom. The van der Waals surface area contributed by atoms with E-state index in [1.807, 2.05) is 6.92 Å². The number of carbonyl (C=O) groups is 1. The van der Waals surface area contributed by atoms with Crippen molar-refractivity contribution < 1.29 is 9.18 Å². The van der Waals surface area contributed by atoms with Crippen molar-refractivity contribution in [2.75, 3.05) is 5.32 Å². The van der Waals surface area contributed by atoms with Crippen LogP contribution in [0.2, 0.25) is 0 Å². The summed E-state index contributed by atoms with van der Waals surface area (Å²) in [4.78, 5) is 15.8. The number of amides is 1. The van der Waals surface area contributed by atoms with Crippen LogP contribution in [-0.4, -0.2) is 10.9 Å². The van der Waals surface area contributed by atoms with Gasteiger partial charge in [0.1, 0.15) is 5.82 Å². The Morgan fingerprint density at radius 3 is 2.59 bits per heavy atom. The van der Waals surface area contributed by atoms with E-state index < -0.39 is 0 Å². The molecule has 0 fully saturated rings. The van der Waals surface area contributed by atoms with Crippen LogP contribution in [0.1, 0.15) is 16.1 Å². The first-order valence-corrected chi connectivity index (χ1v) is 5.15. The number of carbonyl (C=O) groups excluding carboxylic acids is 1. The van der Waals surface area contributed by atoms with Gasteiger partial charge in [0, 0.05) is 23.1 Å². The standard InChI is InChI=1S/C13H11FN2O/c1-9-8-10(6-7-15-9)13(17)16-12-4-2-11(14)3-5-12/h2-8H,1H3,(H,16,17). The van der Waals surface area contributed by atoms with Crippen molar-refractivity contribution in [2.24, 2.45) is 0 Å². The molecule has 0 aliphatic carbocycles. The van der Waals surface area contributed by atoms with E-state index in [0.717, 1.165) is 5.69 Å². The minimum absolute atomic E-state index is 0.234. The normalized spacial score (nSPS) is 10.0. The predicted molar refractivity (Wildman–Crippen MR) is 63.3 cm³/mol. The third kappa shape index (κ3) is 2.87. The fourth-order valence-electron chi connectivity index (χ4n) is 1.42. The van der Waals surface area contributed by atoms with E-state index in [4.69, 9.17) is 0 Å². The fourth-order valence-corrected chi connectivity index (χ4v) is 1.42. The summed E-state index contributed by atoms with van der Waals surface area (Å²) >= 11 is 0. The average Bonchev–Trinajstić information content (AvgIpc) is 2.32. The van der Waals surface area contributed by atoms with Crippen molar-refractivity contribution in [3.8, 4) is 0 Å². The maximum Gasteiger partial charge on any atom is 0.255 e. The molecule has 2 rings (SSSR count). The number of hydrogen-bond acceptors (Lipinski definition) is 2. The number of nitrogens with zero attached hydrogens (tertiary/aromatic N) is 1. The number of aryl methyl sites for hydroxylation is 1. The zero-order chi connectivity index (χ0) is 12.3. The van der Waals surface area contributed by atoms with Crippen LogP contribution in [0.4, 0.5) is 10.1 Å².